The van der Waals surface area contributed by atoms with Crippen LogP contribution in [0.1, 0.15) is 45.6 Å². The second-order valence-electron chi connectivity index (χ2n) is 7.38. The Morgan fingerprint density at radius 2 is 1.91 bits per heavy atom. The van der Waals surface area contributed by atoms with Gasteiger partial charge in [0.1, 0.15) is 0 Å². The summed E-state index contributed by atoms with van der Waals surface area (Å²) in [5.41, 5.74) is 6.78. The maximum Gasteiger partial charge on any atom is 0.306 e. The lowest BCUT2D eigenvalue weighted by molar-refractivity contribution is -0.147. The average molecular weight is 318 g/mol. The molecule has 1 aromatic rings. The summed E-state index contributed by atoms with van der Waals surface area (Å²) >= 11 is 0. The Labute approximate surface area is 137 Å². The van der Waals surface area contributed by atoms with Crippen LogP contribution in [-0.4, -0.2) is 28.6 Å². The SMILES string of the molecule is CC(=O)NC(CC(C)(C)c1ccccc1)C1(N)CC(C(=O)O)C1. The maximum atomic E-state index is 11.6. The number of aliphatic carboxylic acids is 1. The van der Waals surface area contributed by atoms with E-state index in [1.165, 1.54) is 12.5 Å². The van der Waals surface area contributed by atoms with E-state index in [0.717, 1.165) is 0 Å². The van der Waals surface area contributed by atoms with E-state index >= 15 is 0 Å². The van der Waals surface area contributed by atoms with Crippen LogP contribution in [0.3, 0.4) is 0 Å². The Morgan fingerprint density at radius 3 is 2.39 bits per heavy atom. The van der Waals surface area contributed by atoms with Crippen molar-refractivity contribution in [3.05, 3.63) is 35.9 Å². The predicted octanol–water partition coefficient (Wildman–Crippen LogP) is 2.05. The minimum atomic E-state index is -0.810. The maximum absolute atomic E-state index is 11.6. The fourth-order valence-electron chi connectivity index (χ4n) is 3.48. The highest BCUT2D eigenvalue weighted by Crippen LogP contribution is 2.42. The number of hydrogen-bond acceptors (Lipinski definition) is 3. The van der Waals surface area contributed by atoms with E-state index in [0.29, 0.717) is 19.3 Å². The Hall–Kier alpha value is -1.88. The van der Waals surface area contributed by atoms with Crippen molar-refractivity contribution in [2.24, 2.45) is 11.7 Å². The monoisotopic (exact) mass is 318 g/mol. The molecule has 4 N–H and O–H groups in total. The van der Waals surface area contributed by atoms with Crippen molar-refractivity contribution < 1.29 is 14.7 Å². The molecule has 0 aromatic heterocycles. The highest BCUT2D eigenvalue weighted by atomic mass is 16.4. The standard InChI is InChI=1S/C18H26N2O3/c1-12(21)20-15(18(19)9-13(10-18)16(22)23)11-17(2,3)14-7-5-4-6-8-14/h4-8,13,15H,9-11,19H2,1-3H3,(H,20,21)(H,22,23). The van der Waals surface area contributed by atoms with Crippen molar-refractivity contribution in [3.63, 3.8) is 0 Å². The number of hydrogen-bond donors (Lipinski definition) is 3. The Kier molecular flexibility index (Phi) is 4.80. The lowest BCUT2D eigenvalue weighted by Gasteiger charge is -2.50. The first-order chi connectivity index (χ1) is 10.6. The molecule has 23 heavy (non-hydrogen) atoms. The highest BCUT2D eigenvalue weighted by Gasteiger charge is 2.51. The van der Waals surface area contributed by atoms with E-state index < -0.39 is 17.4 Å². The molecule has 1 atom stereocenters. The number of carboxylic acids is 1. The molecule has 1 aromatic carbocycles. The Morgan fingerprint density at radius 1 is 1.35 bits per heavy atom. The van der Waals surface area contributed by atoms with Crippen LogP contribution < -0.4 is 11.1 Å². The van der Waals surface area contributed by atoms with Gasteiger partial charge in [0.15, 0.2) is 0 Å². The summed E-state index contributed by atoms with van der Waals surface area (Å²) in [7, 11) is 0. The Bertz CT molecular complexity index is 577. The van der Waals surface area contributed by atoms with Crippen LogP contribution in [-0.2, 0) is 15.0 Å². The number of benzene rings is 1. The second-order valence-corrected chi connectivity index (χ2v) is 7.38. The van der Waals surface area contributed by atoms with Gasteiger partial charge in [-0.15, -0.1) is 0 Å². The number of rotatable bonds is 6. The largest absolute Gasteiger partial charge is 0.481 e. The van der Waals surface area contributed by atoms with Crippen LogP contribution in [0.4, 0.5) is 0 Å². The number of amides is 1. The molecule has 1 amide bonds. The first kappa shape index (κ1) is 17.5. The van der Waals surface area contributed by atoms with Crippen molar-refractivity contribution >= 4 is 11.9 Å². The fraction of sp³-hybridized carbons (Fsp3) is 0.556. The molecular weight excluding hydrogens is 292 g/mol. The summed E-state index contributed by atoms with van der Waals surface area (Å²) in [5.74, 6) is -1.35. The molecule has 0 aliphatic heterocycles. The van der Waals surface area contributed by atoms with E-state index in [1.54, 1.807) is 0 Å². The molecule has 1 aliphatic rings. The van der Waals surface area contributed by atoms with Crippen molar-refractivity contribution in [1.82, 2.24) is 5.32 Å². The number of carboxylic acid groups (broad SMARTS) is 1. The van der Waals surface area contributed by atoms with Crippen LogP contribution in [0.2, 0.25) is 0 Å². The minimum Gasteiger partial charge on any atom is -0.481 e. The molecule has 126 valence electrons. The molecule has 5 heteroatoms. The first-order valence-corrected chi connectivity index (χ1v) is 7.98. The third kappa shape index (κ3) is 3.91. The fourth-order valence-corrected chi connectivity index (χ4v) is 3.48. The summed E-state index contributed by atoms with van der Waals surface area (Å²) < 4.78 is 0. The second kappa shape index (κ2) is 6.32. The average Bonchev–Trinajstić information content (AvgIpc) is 2.43. The summed E-state index contributed by atoms with van der Waals surface area (Å²) in [6.07, 6.45) is 1.47. The summed E-state index contributed by atoms with van der Waals surface area (Å²) in [4.78, 5) is 22.7. The smallest absolute Gasteiger partial charge is 0.306 e. The molecule has 5 nitrogen and oxygen atoms in total. The molecule has 0 spiro atoms. The zero-order valence-electron chi connectivity index (χ0n) is 14.0. The van der Waals surface area contributed by atoms with Gasteiger partial charge in [0.2, 0.25) is 5.91 Å². The third-order valence-corrected chi connectivity index (χ3v) is 4.94. The van der Waals surface area contributed by atoms with Gasteiger partial charge in [0, 0.05) is 18.5 Å². The van der Waals surface area contributed by atoms with E-state index in [1.807, 2.05) is 18.2 Å². The molecule has 0 saturated heterocycles. The number of nitrogens with one attached hydrogen (secondary N) is 1. The van der Waals surface area contributed by atoms with Gasteiger partial charge >= 0.3 is 5.97 Å². The number of nitrogens with two attached hydrogens (primary N) is 1. The highest BCUT2D eigenvalue weighted by molar-refractivity contribution is 5.74. The number of carbonyl (C=O) groups excluding carboxylic acids is 1. The van der Waals surface area contributed by atoms with Gasteiger partial charge < -0.3 is 16.2 Å². The summed E-state index contributed by atoms with van der Waals surface area (Å²) in [6, 6.07) is 9.84. The molecule has 1 fully saturated rings. The van der Waals surface area contributed by atoms with Gasteiger partial charge in [-0.25, -0.2) is 0 Å². The normalized spacial score (nSPS) is 25.3. The minimum absolute atomic E-state index is 0.137. The third-order valence-electron chi connectivity index (χ3n) is 4.94. The van der Waals surface area contributed by atoms with Crippen molar-refractivity contribution in [3.8, 4) is 0 Å². The summed E-state index contributed by atoms with van der Waals surface area (Å²) in [5, 5.41) is 12.0. The van der Waals surface area contributed by atoms with E-state index in [2.05, 4.69) is 31.3 Å². The molecule has 1 aliphatic carbocycles. The van der Waals surface area contributed by atoms with Crippen molar-refractivity contribution in [2.75, 3.05) is 0 Å². The molecular formula is C18H26N2O3. The summed E-state index contributed by atoms with van der Waals surface area (Å²) in [6.45, 7) is 5.71. The van der Waals surface area contributed by atoms with Gasteiger partial charge in [-0.3, -0.25) is 9.59 Å². The van der Waals surface area contributed by atoms with E-state index in [4.69, 9.17) is 10.8 Å². The van der Waals surface area contributed by atoms with Crippen LogP contribution in [0, 0.1) is 5.92 Å². The molecule has 1 saturated carbocycles. The number of carbonyl (C=O) groups is 2. The van der Waals surface area contributed by atoms with E-state index in [9.17, 15) is 9.59 Å². The molecule has 0 radical (unpaired) electrons. The van der Waals surface area contributed by atoms with Gasteiger partial charge in [0.25, 0.3) is 0 Å². The van der Waals surface area contributed by atoms with Crippen molar-refractivity contribution in [1.29, 1.82) is 0 Å². The zero-order valence-corrected chi connectivity index (χ0v) is 14.0. The molecule has 2 rings (SSSR count). The van der Waals surface area contributed by atoms with Crippen LogP contribution in [0.15, 0.2) is 30.3 Å². The van der Waals surface area contributed by atoms with Crippen molar-refractivity contribution in [2.45, 2.75) is 57.0 Å². The molecule has 0 heterocycles. The topological polar surface area (TPSA) is 92.4 Å². The lowest BCUT2D eigenvalue weighted by atomic mass is 9.61. The van der Waals surface area contributed by atoms with Crippen LogP contribution in [0.25, 0.3) is 0 Å². The van der Waals surface area contributed by atoms with Gasteiger partial charge in [-0.05, 0) is 30.2 Å². The molecule has 1 unspecified atom stereocenters. The molecule has 0 bridgehead atoms. The first-order valence-electron chi connectivity index (χ1n) is 7.98. The zero-order chi connectivity index (χ0) is 17.3. The van der Waals surface area contributed by atoms with E-state index in [-0.39, 0.29) is 17.4 Å². The Balaban J connectivity index is 2.16. The lowest BCUT2D eigenvalue weighted by Crippen LogP contribution is -2.67. The predicted molar refractivity (Wildman–Crippen MR) is 89.0 cm³/mol. The van der Waals surface area contributed by atoms with Gasteiger partial charge in [-0.1, -0.05) is 44.2 Å². The van der Waals surface area contributed by atoms with Gasteiger partial charge in [-0.2, -0.15) is 0 Å². The van der Waals surface area contributed by atoms with Crippen LogP contribution >= 0.6 is 0 Å². The quantitative estimate of drug-likeness (QED) is 0.748. The van der Waals surface area contributed by atoms with Crippen LogP contribution in [0.5, 0.6) is 0 Å². The van der Waals surface area contributed by atoms with Gasteiger partial charge in [0.05, 0.1) is 5.92 Å².